The molecule has 0 aliphatic rings. The fourth-order valence-electron chi connectivity index (χ4n) is 2.98. The summed E-state index contributed by atoms with van der Waals surface area (Å²) in [5, 5.41) is 21.9. The molecule has 0 saturated carbocycles. The third-order valence-corrected chi connectivity index (χ3v) is 5.66. The Morgan fingerprint density at radius 2 is 1.72 bits per heavy atom. The zero-order chi connectivity index (χ0) is 23.3. The number of aliphatic carboxylic acids is 1. The highest BCUT2D eigenvalue weighted by molar-refractivity contribution is 9.11. The van der Waals surface area contributed by atoms with Crippen LogP contribution in [0.15, 0.2) is 63.5 Å². The molecule has 0 heterocycles. The molecule has 166 valence electrons. The highest BCUT2D eigenvalue weighted by Gasteiger charge is 2.16. The van der Waals surface area contributed by atoms with Crippen LogP contribution >= 0.6 is 31.9 Å². The van der Waals surface area contributed by atoms with E-state index in [0.29, 0.717) is 31.8 Å². The third-order valence-electron chi connectivity index (χ3n) is 4.48. The summed E-state index contributed by atoms with van der Waals surface area (Å²) >= 11 is 6.77. The number of hydrogen-bond acceptors (Lipinski definition) is 5. The van der Waals surface area contributed by atoms with Gasteiger partial charge in [0.1, 0.15) is 17.2 Å². The largest absolute Gasteiger partial charge is 0.507 e. The molecule has 3 N–H and O–H groups in total. The molecule has 3 rings (SSSR count). The minimum Gasteiger partial charge on any atom is -0.507 e. The van der Waals surface area contributed by atoms with E-state index in [1.165, 1.54) is 18.2 Å². The maximum atomic E-state index is 12.7. The number of carbonyl (C=O) groups is 2. The fraction of sp³-hybridized carbons (Fsp3) is 0.130. The summed E-state index contributed by atoms with van der Waals surface area (Å²) in [7, 11) is 1.55. The Morgan fingerprint density at radius 1 is 1.03 bits per heavy atom. The average molecular weight is 565 g/mol. The molecule has 0 unspecified atom stereocenters. The third kappa shape index (κ3) is 5.80. The van der Waals surface area contributed by atoms with E-state index in [-0.39, 0.29) is 24.3 Å². The van der Waals surface area contributed by atoms with Gasteiger partial charge in [-0.2, -0.15) is 0 Å². The number of amides is 1. The van der Waals surface area contributed by atoms with Crippen LogP contribution in [0, 0.1) is 0 Å². The van der Waals surface area contributed by atoms with Crippen LogP contribution in [0.5, 0.6) is 23.0 Å². The number of nitrogens with one attached hydrogen (secondary N) is 1. The molecular formula is C23H19Br2NO6. The van der Waals surface area contributed by atoms with Crippen LogP contribution < -0.4 is 14.8 Å². The molecule has 0 bridgehead atoms. The summed E-state index contributed by atoms with van der Waals surface area (Å²) in [4.78, 5) is 23.6. The van der Waals surface area contributed by atoms with E-state index >= 15 is 0 Å². The van der Waals surface area contributed by atoms with Crippen molar-refractivity contribution in [1.29, 1.82) is 0 Å². The molecule has 1 amide bonds. The van der Waals surface area contributed by atoms with Crippen molar-refractivity contribution in [3.05, 3.63) is 80.2 Å². The van der Waals surface area contributed by atoms with Crippen molar-refractivity contribution < 1.29 is 29.3 Å². The Morgan fingerprint density at radius 3 is 2.38 bits per heavy atom. The molecular weight excluding hydrogens is 546 g/mol. The van der Waals surface area contributed by atoms with E-state index in [0.717, 1.165) is 5.56 Å². The predicted molar refractivity (Wildman–Crippen MR) is 126 cm³/mol. The fourth-order valence-corrected chi connectivity index (χ4v) is 4.43. The molecule has 0 aliphatic heterocycles. The van der Waals surface area contributed by atoms with Gasteiger partial charge in [0.25, 0.3) is 5.91 Å². The second-order valence-corrected chi connectivity index (χ2v) is 8.44. The molecule has 0 spiro atoms. The van der Waals surface area contributed by atoms with Gasteiger partial charge in [0.15, 0.2) is 5.75 Å². The van der Waals surface area contributed by atoms with E-state index in [9.17, 15) is 14.7 Å². The Labute approximate surface area is 201 Å². The number of hydrogen-bond donors (Lipinski definition) is 3. The van der Waals surface area contributed by atoms with Crippen molar-refractivity contribution in [3.63, 3.8) is 0 Å². The number of benzene rings is 3. The molecule has 0 radical (unpaired) electrons. The lowest BCUT2D eigenvalue weighted by molar-refractivity contribution is -0.136. The lowest BCUT2D eigenvalue weighted by Gasteiger charge is -2.14. The molecule has 0 fully saturated rings. The highest BCUT2D eigenvalue weighted by Crippen LogP contribution is 2.39. The lowest BCUT2D eigenvalue weighted by Crippen LogP contribution is -2.23. The summed E-state index contributed by atoms with van der Waals surface area (Å²) in [6.07, 6.45) is -0.132. The number of phenols is 1. The van der Waals surface area contributed by atoms with E-state index in [1.807, 2.05) is 18.2 Å². The smallest absolute Gasteiger partial charge is 0.307 e. The van der Waals surface area contributed by atoms with Gasteiger partial charge in [-0.1, -0.05) is 18.2 Å². The van der Waals surface area contributed by atoms with Crippen LogP contribution in [-0.4, -0.2) is 29.2 Å². The normalized spacial score (nSPS) is 10.5. The molecule has 3 aromatic carbocycles. The van der Waals surface area contributed by atoms with Crippen LogP contribution in [0.3, 0.4) is 0 Å². The first kappa shape index (κ1) is 23.6. The van der Waals surface area contributed by atoms with Gasteiger partial charge in [-0.15, -0.1) is 0 Å². The number of para-hydroxylation sites is 1. The summed E-state index contributed by atoms with van der Waals surface area (Å²) < 4.78 is 12.3. The average Bonchev–Trinajstić information content (AvgIpc) is 2.75. The number of phenolic OH excluding ortho intramolecular Hbond substituents is 1. The molecule has 9 heteroatoms. The number of carbonyl (C=O) groups excluding carboxylic acids is 1. The van der Waals surface area contributed by atoms with Crippen LogP contribution in [0.1, 0.15) is 21.5 Å². The minimum absolute atomic E-state index is 0.0483. The van der Waals surface area contributed by atoms with Gasteiger partial charge >= 0.3 is 5.97 Å². The molecule has 32 heavy (non-hydrogen) atoms. The second kappa shape index (κ2) is 10.5. The number of aromatic hydroxyl groups is 1. The maximum Gasteiger partial charge on any atom is 0.307 e. The number of ether oxygens (including phenoxy) is 2. The van der Waals surface area contributed by atoms with Crippen molar-refractivity contribution in [3.8, 4) is 23.0 Å². The van der Waals surface area contributed by atoms with Crippen molar-refractivity contribution in [2.75, 3.05) is 7.11 Å². The van der Waals surface area contributed by atoms with Crippen molar-refractivity contribution in [2.24, 2.45) is 0 Å². The van der Waals surface area contributed by atoms with Gasteiger partial charge in [0.2, 0.25) is 0 Å². The number of rotatable bonds is 8. The predicted octanol–water partition coefficient (Wildman–Crippen LogP) is 5.28. The molecule has 0 saturated heterocycles. The monoisotopic (exact) mass is 563 g/mol. The Balaban J connectivity index is 1.78. The summed E-state index contributed by atoms with van der Waals surface area (Å²) in [6, 6.07) is 14.9. The SMILES string of the molecule is COc1ccccc1CNC(=O)c1cc(Oc2c(Br)cc(CC(=O)O)cc2Br)ccc1O. The number of methoxy groups -OCH3 is 1. The van der Waals surface area contributed by atoms with Crippen LogP contribution in [0.4, 0.5) is 0 Å². The number of carboxylic acid groups (broad SMARTS) is 1. The van der Waals surface area contributed by atoms with Gasteiger partial charge in [0, 0.05) is 12.1 Å². The van der Waals surface area contributed by atoms with Gasteiger partial charge in [-0.25, -0.2) is 0 Å². The summed E-state index contributed by atoms with van der Waals surface area (Å²) in [5.41, 5.74) is 1.43. The Kier molecular flexibility index (Phi) is 7.76. The van der Waals surface area contributed by atoms with Crippen molar-refractivity contribution in [1.82, 2.24) is 5.32 Å². The first-order valence-corrected chi connectivity index (χ1v) is 11.0. The van der Waals surface area contributed by atoms with Gasteiger partial charge in [0.05, 0.1) is 28.0 Å². The molecule has 0 aromatic heterocycles. The second-order valence-electron chi connectivity index (χ2n) is 6.73. The standard InChI is InChI=1S/C23H19Br2NO6/c1-31-20-5-3-2-4-14(20)12-26-23(30)16-11-15(6-7-19(16)27)32-22-17(24)8-13(9-18(22)25)10-21(28)29/h2-9,11,27H,10,12H2,1H3,(H,26,30)(H,28,29). The Bertz CT molecular complexity index is 1140. The molecule has 3 aromatic rings. The maximum absolute atomic E-state index is 12.7. The summed E-state index contributed by atoms with van der Waals surface area (Å²) in [5.74, 6) is -0.239. The summed E-state index contributed by atoms with van der Waals surface area (Å²) in [6.45, 7) is 0.218. The first-order valence-electron chi connectivity index (χ1n) is 9.39. The Hall–Kier alpha value is -3.04. The van der Waals surface area contributed by atoms with Crippen molar-refractivity contribution in [2.45, 2.75) is 13.0 Å². The van der Waals surface area contributed by atoms with E-state index in [2.05, 4.69) is 37.2 Å². The van der Waals surface area contributed by atoms with Gasteiger partial charge < -0.3 is 25.0 Å². The number of carboxylic acids is 1. The van der Waals surface area contributed by atoms with Crippen LogP contribution in [-0.2, 0) is 17.8 Å². The number of halogens is 2. The van der Waals surface area contributed by atoms with Gasteiger partial charge in [-0.3, -0.25) is 9.59 Å². The van der Waals surface area contributed by atoms with Crippen molar-refractivity contribution >= 4 is 43.7 Å². The zero-order valence-corrected chi connectivity index (χ0v) is 20.1. The molecule has 0 atom stereocenters. The molecule has 7 nitrogen and oxygen atoms in total. The minimum atomic E-state index is -0.945. The van der Waals surface area contributed by atoms with E-state index in [1.54, 1.807) is 25.3 Å². The van der Waals surface area contributed by atoms with Crippen LogP contribution in [0.2, 0.25) is 0 Å². The zero-order valence-electron chi connectivity index (χ0n) is 16.9. The van der Waals surface area contributed by atoms with Crippen LogP contribution in [0.25, 0.3) is 0 Å². The van der Waals surface area contributed by atoms with E-state index < -0.39 is 11.9 Å². The first-order chi connectivity index (χ1) is 15.3. The van der Waals surface area contributed by atoms with Gasteiger partial charge in [-0.05, 0) is 73.8 Å². The lowest BCUT2D eigenvalue weighted by atomic mass is 10.1. The molecule has 0 aliphatic carbocycles. The quantitative estimate of drug-likeness (QED) is 0.344. The topological polar surface area (TPSA) is 105 Å². The van der Waals surface area contributed by atoms with E-state index in [4.69, 9.17) is 14.6 Å². The highest BCUT2D eigenvalue weighted by atomic mass is 79.9.